The first-order chi connectivity index (χ1) is 11.5. The van der Waals surface area contributed by atoms with E-state index in [1.54, 1.807) is 0 Å². The molecule has 4 heteroatoms. The highest BCUT2D eigenvalue weighted by atomic mass is 16.2. The van der Waals surface area contributed by atoms with Crippen LogP contribution in [0.5, 0.6) is 0 Å². The van der Waals surface area contributed by atoms with Crippen LogP contribution < -0.4 is 10.6 Å². The minimum atomic E-state index is -0.0303. The number of urea groups is 1. The zero-order chi connectivity index (χ0) is 17.4. The Morgan fingerprint density at radius 2 is 2.00 bits per heavy atom. The number of nitrogens with one attached hydrogen (secondary N) is 2. The summed E-state index contributed by atoms with van der Waals surface area (Å²) in [6.45, 7) is 9.64. The van der Waals surface area contributed by atoms with Crippen molar-refractivity contribution in [1.29, 1.82) is 0 Å². The molecule has 1 fully saturated rings. The van der Waals surface area contributed by atoms with Crippen molar-refractivity contribution in [3.05, 3.63) is 35.9 Å². The largest absolute Gasteiger partial charge is 0.338 e. The summed E-state index contributed by atoms with van der Waals surface area (Å²) in [5.41, 5.74) is 1.32. The predicted molar refractivity (Wildman–Crippen MR) is 100 cm³/mol. The van der Waals surface area contributed by atoms with Gasteiger partial charge in [-0.25, -0.2) is 4.79 Å². The summed E-state index contributed by atoms with van der Waals surface area (Å²) in [5, 5.41) is 6.12. The molecule has 0 spiro atoms. The lowest BCUT2D eigenvalue weighted by Gasteiger charge is -2.35. The summed E-state index contributed by atoms with van der Waals surface area (Å²) < 4.78 is 0. The maximum absolute atomic E-state index is 12.1. The van der Waals surface area contributed by atoms with E-state index in [4.69, 9.17) is 0 Å². The van der Waals surface area contributed by atoms with Crippen LogP contribution in [0.3, 0.4) is 0 Å². The predicted octanol–water partition coefficient (Wildman–Crippen LogP) is 3.43. The molecule has 2 rings (SSSR count). The Kier molecular flexibility index (Phi) is 7.57. The van der Waals surface area contributed by atoms with Gasteiger partial charge in [0.1, 0.15) is 0 Å². The van der Waals surface area contributed by atoms with E-state index >= 15 is 0 Å². The highest BCUT2D eigenvalue weighted by Gasteiger charge is 2.22. The van der Waals surface area contributed by atoms with E-state index in [-0.39, 0.29) is 12.1 Å². The average molecular weight is 332 g/mol. The third kappa shape index (κ3) is 6.52. The van der Waals surface area contributed by atoms with Gasteiger partial charge in [-0.1, -0.05) is 30.3 Å². The summed E-state index contributed by atoms with van der Waals surface area (Å²) in [4.78, 5) is 14.6. The number of rotatable bonds is 7. The number of hydrogen-bond donors (Lipinski definition) is 2. The van der Waals surface area contributed by atoms with Gasteiger partial charge in [0.15, 0.2) is 0 Å². The number of nitrogens with zero attached hydrogens (tertiary/aromatic N) is 1. The summed E-state index contributed by atoms with van der Waals surface area (Å²) in [6, 6.07) is 11.2. The second-order valence-electron chi connectivity index (χ2n) is 7.38. The molecule has 2 unspecified atom stereocenters. The number of hydrogen-bond acceptors (Lipinski definition) is 2. The van der Waals surface area contributed by atoms with Gasteiger partial charge in [0, 0.05) is 25.2 Å². The topological polar surface area (TPSA) is 44.4 Å². The Hall–Kier alpha value is -1.55. The fraction of sp³-hybridized carbons (Fsp3) is 0.650. The fourth-order valence-electron chi connectivity index (χ4n) is 3.34. The third-order valence-electron chi connectivity index (χ3n) is 4.92. The molecular formula is C20H33N3O. The van der Waals surface area contributed by atoms with E-state index in [9.17, 15) is 4.79 Å². The van der Waals surface area contributed by atoms with Crippen molar-refractivity contribution in [3.8, 4) is 0 Å². The molecule has 24 heavy (non-hydrogen) atoms. The van der Waals surface area contributed by atoms with Crippen molar-refractivity contribution in [3.63, 3.8) is 0 Å². The number of piperidine rings is 1. The van der Waals surface area contributed by atoms with Crippen molar-refractivity contribution in [2.45, 2.75) is 58.5 Å². The number of carbonyl (C=O) groups excluding carboxylic acids is 1. The SMILES string of the molecule is CC(CCc1ccccc1)NC(=O)NCC1CCCN(C(C)C)C1. The number of amides is 2. The lowest BCUT2D eigenvalue weighted by Crippen LogP contribution is -2.47. The van der Waals surface area contributed by atoms with Crippen LogP contribution in [0.25, 0.3) is 0 Å². The molecule has 1 aromatic rings. The molecule has 0 radical (unpaired) electrons. The van der Waals surface area contributed by atoms with Gasteiger partial charge < -0.3 is 15.5 Å². The van der Waals surface area contributed by atoms with E-state index in [0.29, 0.717) is 12.0 Å². The molecular weight excluding hydrogens is 298 g/mol. The Balaban J connectivity index is 1.63. The Morgan fingerprint density at radius 3 is 2.71 bits per heavy atom. The molecule has 4 nitrogen and oxygen atoms in total. The van der Waals surface area contributed by atoms with Gasteiger partial charge in [0.05, 0.1) is 0 Å². The van der Waals surface area contributed by atoms with E-state index < -0.39 is 0 Å². The Bertz CT molecular complexity index is 489. The number of likely N-dealkylation sites (tertiary alicyclic amines) is 1. The molecule has 0 aromatic heterocycles. The van der Waals surface area contributed by atoms with E-state index in [0.717, 1.165) is 25.9 Å². The van der Waals surface area contributed by atoms with Gasteiger partial charge in [0.2, 0.25) is 0 Å². The fourth-order valence-corrected chi connectivity index (χ4v) is 3.34. The molecule has 2 N–H and O–H groups in total. The van der Waals surface area contributed by atoms with Gasteiger partial charge >= 0.3 is 6.03 Å². The summed E-state index contributed by atoms with van der Waals surface area (Å²) in [5.74, 6) is 0.575. The van der Waals surface area contributed by atoms with Crippen molar-refractivity contribution < 1.29 is 4.79 Å². The average Bonchev–Trinajstić information content (AvgIpc) is 2.59. The van der Waals surface area contributed by atoms with Crippen LogP contribution >= 0.6 is 0 Å². The second kappa shape index (κ2) is 9.67. The van der Waals surface area contributed by atoms with Gasteiger partial charge in [-0.15, -0.1) is 0 Å². The van der Waals surface area contributed by atoms with E-state index in [1.807, 2.05) is 6.07 Å². The second-order valence-corrected chi connectivity index (χ2v) is 7.38. The van der Waals surface area contributed by atoms with Gasteiger partial charge in [-0.3, -0.25) is 0 Å². The third-order valence-corrected chi connectivity index (χ3v) is 4.92. The van der Waals surface area contributed by atoms with Crippen LogP contribution in [0.2, 0.25) is 0 Å². The molecule has 134 valence electrons. The Morgan fingerprint density at radius 1 is 1.25 bits per heavy atom. The monoisotopic (exact) mass is 331 g/mol. The van der Waals surface area contributed by atoms with Gasteiger partial charge in [-0.05, 0) is 64.5 Å². The highest BCUT2D eigenvalue weighted by Crippen LogP contribution is 2.17. The Labute approximate surface area is 147 Å². The van der Waals surface area contributed by atoms with Crippen molar-refractivity contribution in [2.75, 3.05) is 19.6 Å². The van der Waals surface area contributed by atoms with Crippen molar-refractivity contribution >= 4 is 6.03 Å². The number of carbonyl (C=O) groups is 1. The molecule has 1 aliphatic heterocycles. The smallest absolute Gasteiger partial charge is 0.315 e. The number of aryl methyl sites for hydroxylation is 1. The highest BCUT2D eigenvalue weighted by molar-refractivity contribution is 5.74. The molecule has 1 aliphatic rings. The lowest BCUT2D eigenvalue weighted by atomic mass is 9.97. The molecule has 2 atom stereocenters. The summed E-state index contributed by atoms with van der Waals surface area (Å²) in [7, 11) is 0. The maximum Gasteiger partial charge on any atom is 0.315 e. The van der Waals surface area contributed by atoms with Crippen LogP contribution in [-0.4, -0.2) is 42.6 Å². The van der Waals surface area contributed by atoms with Crippen LogP contribution in [0, 0.1) is 5.92 Å². The molecule has 0 aliphatic carbocycles. The van der Waals surface area contributed by atoms with Gasteiger partial charge in [0.25, 0.3) is 0 Å². The van der Waals surface area contributed by atoms with E-state index in [1.165, 1.54) is 24.9 Å². The van der Waals surface area contributed by atoms with Crippen LogP contribution in [-0.2, 0) is 6.42 Å². The maximum atomic E-state index is 12.1. The van der Waals surface area contributed by atoms with E-state index in [2.05, 4.69) is 60.6 Å². The first kappa shape index (κ1) is 18.8. The van der Waals surface area contributed by atoms with Crippen molar-refractivity contribution in [2.24, 2.45) is 5.92 Å². The molecule has 1 heterocycles. The molecule has 2 amide bonds. The van der Waals surface area contributed by atoms with Crippen LogP contribution in [0.1, 0.15) is 45.6 Å². The molecule has 1 aromatic carbocycles. The first-order valence-electron chi connectivity index (χ1n) is 9.37. The zero-order valence-electron chi connectivity index (χ0n) is 15.4. The van der Waals surface area contributed by atoms with Crippen molar-refractivity contribution in [1.82, 2.24) is 15.5 Å². The normalized spacial score (nSPS) is 19.9. The minimum Gasteiger partial charge on any atom is -0.338 e. The zero-order valence-corrected chi connectivity index (χ0v) is 15.4. The van der Waals surface area contributed by atoms with Crippen LogP contribution in [0.4, 0.5) is 4.79 Å². The minimum absolute atomic E-state index is 0.0303. The summed E-state index contributed by atoms with van der Waals surface area (Å²) in [6.07, 6.45) is 4.41. The first-order valence-corrected chi connectivity index (χ1v) is 9.37. The molecule has 0 saturated carbocycles. The number of benzene rings is 1. The quantitative estimate of drug-likeness (QED) is 0.804. The van der Waals surface area contributed by atoms with Crippen LogP contribution in [0.15, 0.2) is 30.3 Å². The molecule has 1 saturated heterocycles. The lowest BCUT2D eigenvalue weighted by molar-refractivity contribution is 0.139. The summed E-state index contributed by atoms with van der Waals surface area (Å²) >= 11 is 0. The standard InChI is InChI=1S/C20H33N3O/c1-16(2)23-13-7-10-19(15-23)14-21-20(24)22-17(3)11-12-18-8-5-4-6-9-18/h4-6,8-9,16-17,19H,7,10-15H2,1-3H3,(H2,21,22,24). The molecule has 0 bridgehead atoms. The van der Waals surface area contributed by atoms with Gasteiger partial charge in [-0.2, -0.15) is 0 Å².